The lowest BCUT2D eigenvalue weighted by Crippen LogP contribution is -2.31. The fraction of sp³-hybridized carbons (Fsp3) is 0.667. The molecule has 0 spiro atoms. The largest absolute Gasteiger partial charge is 0.309 e. The minimum atomic E-state index is 0.655. The van der Waals surface area contributed by atoms with E-state index < -0.39 is 0 Å². The third-order valence-corrected chi connectivity index (χ3v) is 6.66. The Morgan fingerprint density at radius 2 is 2.12 bits per heavy atom. The van der Waals surface area contributed by atoms with Gasteiger partial charge in [-0.2, -0.15) is 0 Å². The Labute approximate surface area is 118 Å². The van der Waals surface area contributed by atoms with E-state index in [1.54, 1.807) is 11.3 Å². The molecular formula is C12H17Br2NS. The van der Waals surface area contributed by atoms with Crippen LogP contribution >= 0.6 is 43.2 Å². The van der Waals surface area contributed by atoms with Crippen LogP contribution in [0.3, 0.4) is 0 Å². The molecule has 0 bridgehead atoms. The summed E-state index contributed by atoms with van der Waals surface area (Å²) >= 11 is 8.86. The molecule has 1 aromatic heterocycles. The second-order valence-corrected chi connectivity index (χ2v) is 7.86. The fourth-order valence-corrected chi connectivity index (χ4v) is 4.49. The number of hydrogen-bond acceptors (Lipinski definition) is 2. The van der Waals surface area contributed by atoms with Crippen molar-refractivity contribution in [1.29, 1.82) is 0 Å². The Bertz CT molecular complexity index is 325. The lowest BCUT2D eigenvalue weighted by Gasteiger charge is -2.19. The summed E-state index contributed by atoms with van der Waals surface area (Å²) in [6, 6.07) is 2.85. The van der Waals surface area contributed by atoms with E-state index in [1.165, 1.54) is 38.8 Å². The van der Waals surface area contributed by atoms with Crippen molar-refractivity contribution >= 4 is 43.2 Å². The molecule has 1 saturated carbocycles. The van der Waals surface area contributed by atoms with E-state index in [2.05, 4.69) is 50.2 Å². The lowest BCUT2D eigenvalue weighted by molar-refractivity contribution is 0.381. The summed E-state index contributed by atoms with van der Waals surface area (Å²) in [7, 11) is 0. The average molecular weight is 367 g/mol. The topological polar surface area (TPSA) is 12.0 Å². The molecule has 1 aliphatic rings. The molecule has 1 N–H and O–H groups in total. The third-order valence-electron chi connectivity index (χ3n) is 3.40. The van der Waals surface area contributed by atoms with Crippen LogP contribution in [0.5, 0.6) is 0 Å². The van der Waals surface area contributed by atoms with E-state index in [1.807, 2.05) is 0 Å². The standard InChI is InChI=1S/C12H17Br2NS/c1-8(9-4-2-3-5-9)15-7-10-6-11(13)12(14)16-10/h6,8-9,15H,2-5,7H2,1H3. The summed E-state index contributed by atoms with van der Waals surface area (Å²) in [6.07, 6.45) is 5.66. The first kappa shape index (κ1) is 13.1. The molecule has 0 aliphatic heterocycles. The Kier molecular flexibility index (Phi) is 4.89. The second kappa shape index (κ2) is 5.98. The molecule has 90 valence electrons. The SMILES string of the molecule is CC(NCc1cc(Br)c(Br)s1)C1CCCC1. The number of halogens is 2. The number of rotatable bonds is 4. The summed E-state index contributed by atoms with van der Waals surface area (Å²) in [5.74, 6) is 0.895. The van der Waals surface area contributed by atoms with Gasteiger partial charge in [0.1, 0.15) is 0 Å². The smallest absolute Gasteiger partial charge is 0.0843 e. The van der Waals surface area contributed by atoms with E-state index >= 15 is 0 Å². The highest BCUT2D eigenvalue weighted by atomic mass is 79.9. The van der Waals surface area contributed by atoms with Gasteiger partial charge in [-0.15, -0.1) is 11.3 Å². The molecule has 1 nitrogen and oxygen atoms in total. The van der Waals surface area contributed by atoms with Gasteiger partial charge in [-0.25, -0.2) is 0 Å². The molecule has 1 atom stereocenters. The van der Waals surface area contributed by atoms with Crippen LogP contribution in [-0.4, -0.2) is 6.04 Å². The van der Waals surface area contributed by atoms with Crippen molar-refractivity contribution in [2.45, 2.75) is 45.2 Å². The Hall–Kier alpha value is 0.620. The van der Waals surface area contributed by atoms with Gasteiger partial charge in [-0.3, -0.25) is 0 Å². The molecule has 0 amide bonds. The van der Waals surface area contributed by atoms with Crippen LogP contribution in [0.1, 0.15) is 37.5 Å². The molecule has 1 fully saturated rings. The highest BCUT2D eigenvalue weighted by Crippen LogP contribution is 2.33. The normalized spacial score (nSPS) is 19.2. The summed E-state index contributed by atoms with van der Waals surface area (Å²) in [6.45, 7) is 3.32. The van der Waals surface area contributed by atoms with Gasteiger partial charge in [0.2, 0.25) is 0 Å². The first-order valence-corrected chi connectivity index (χ1v) is 8.24. The molecule has 1 aromatic rings. The summed E-state index contributed by atoms with van der Waals surface area (Å²) in [5.41, 5.74) is 0. The van der Waals surface area contributed by atoms with Crippen molar-refractivity contribution in [3.63, 3.8) is 0 Å². The molecule has 1 heterocycles. The molecule has 16 heavy (non-hydrogen) atoms. The quantitative estimate of drug-likeness (QED) is 0.795. The van der Waals surface area contributed by atoms with Crippen molar-refractivity contribution in [2.24, 2.45) is 5.92 Å². The monoisotopic (exact) mass is 365 g/mol. The Morgan fingerprint density at radius 1 is 1.44 bits per heavy atom. The maximum absolute atomic E-state index is 3.65. The predicted octanol–water partition coefficient (Wildman–Crippen LogP) is 4.94. The van der Waals surface area contributed by atoms with E-state index in [9.17, 15) is 0 Å². The van der Waals surface area contributed by atoms with Gasteiger partial charge in [-0.05, 0) is 63.6 Å². The van der Waals surface area contributed by atoms with E-state index in [-0.39, 0.29) is 0 Å². The van der Waals surface area contributed by atoms with Crippen molar-refractivity contribution in [1.82, 2.24) is 5.32 Å². The number of nitrogens with one attached hydrogen (secondary N) is 1. The molecule has 1 aliphatic carbocycles. The molecule has 0 aromatic carbocycles. The van der Waals surface area contributed by atoms with Gasteiger partial charge in [0, 0.05) is 21.9 Å². The highest BCUT2D eigenvalue weighted by Gasteiger charge is 2.21. The van der Waals surface area contributed by atoms with Crippen LogP contribution < -0.4 is 5.32 Å². The van der Waals surface area contributed by atoms with Crippen LogP contribution in [0.25, 0.3) is 0 Å². The van der Waals surface area contributed by atoms with Gasteiger partial charge < -0.3 is 5.32 Å². The summed E-state index contributed by atoms with van der Waals surface area (Å²) < 4.78 is 2.36. The summed E-state index contributed by atoms with van der Waals surface area (Å²) in [4.78, 5) is 1.39. The van der Waals surface area contributed by atoms with Crippen molar-refractivity contribution in [3.05, 3.63) is 19.2 Å². The summed E-state index contributed by atoms with van der Waals surface area (Å²) in [5, 5.41) is 3.65. The molecule has 1 unspecified atom stereocenters. The van der Waals surface area contributed by atoms with Gasteiger partial charge in [0.15, 0.2) is 0 Å². The van der Waals surface area contributed by atoms with Gasteiger partial charge in [0.25, 0.3) is 0 Å². The number of hydrogen-bond donors (Lipinski definition) is 1. The van der Waals surface area contributed by atoms with Gasteiger partial charge in [0.05, 0.1) is 3.79 Å². The van der Waals surface area contributed by atoms with Gasteiger partial charge >= 0.3 is 0 Å². The minimum Gasteiger partial charge on any atom is -0.309 e. The zero-order valence-corrected chi connectivity index (χ0v) is 13.4. The van der Waals surface area contributed by atoms with Crippen molar-refractivity contribution in [3.8, 4) is 0 Å². The second-order valence-electron chi connectivity index (χ2n) is 4.55. The molecular weight excluding hydrogens is 350 g/mol. The van der Waals surface area contributed by atoms with Gasteiger partial charge in [-0.1, -0.05) is 12.8 Å². The zero-order valence-electron chi connectivity index (χ0n) is 9.43. The molecule has 4 heteroatoms. The fourth-order valence-electron chi connectivity index (χ4n) is 2.36. The van der Waals surface area contributed by atoms with E-state index in [0.717, 1.165) is 12.5 Å². The Morgan fingerprint density at radius 3 is 2.69 bits per heavy atom. The maximum atomic E-state index is 3.65. The maximum Gasteiger partial charge on any atom is 0.0843 e. The number of thiophene rings is 1. The first-order chi connectivity index (χ1) is 7.66. The minimum absolute atomic E-state index is 0.655. The predicted molar refractivity (Wildman–Crippen MR) is 78.0 cm³/mol. The van der Waals surface area contributed by atoms with Crippen LogP contribution in [0.15, 0.2) is 14.3 Å². The van der Waals surface area contributed by atoms with Crippen LogP contribution in [-0.2, 0) is 6.54 Å². The molecule has 2 rings (SSSR count). The molecule has 0 saturated heterocycles. The van der Waals surface area contributed by atoms with Crippen LogP contribution in [0, 0.1) is 5.92 Å². The average Bonchev–Trinajstić information content (AvgIpc) is 2.86. The molecule has 0 radical (unpaired) electrons. The van der Waals surface area contributed by atoms with Crippen LogP contribution in [0.2, 0.25) is 0 Å². The lowest BCUT2D eigenvalue weighted by atomic mass is 10.00. The third kappa shape index (κ3) is 3.31. The first-order valence-electron chi connectivity index (χ1n) is 5.84. The zero-order chi connectivity index (χ0) is 11.5. The highest BCUT2D eigenvalue weighted by molar-refractivity contribution is 9.13. The van der Waals surface area contributed by atoms with Crippen molar-refractivity contribution < 1.29 is 0 Å². The van der Waals surface area contributed by atoms with Crippen molar-refractivity contribution in [2.75, 3.05) is 0 Å². The van der Waals surface area contributed by atoms with E-state index in [4.69, 9.17) is 0 Å². The van der Waals surface area contributed by atoms with Crippen LogP contribution in [0.4, 0.5) is 0 Å². The van der Waals surface area contributed by atoms with E-state index in [0.29, 0.717) is 6.04 Å². The Balaban J connectivity index is 1.82.